The van der Waals surface area contributed by atoms with Crippen LogP contribution < -0.4 is 9.47 Å². The molecule has 0 bridgehead atoms. The zero-order valence-electron chi connectivity index (χ0n) is 13.3. The average Bonchev–Trinajstić information content (AvgIpc) is 2.61. The van der Waals surface area contributed by atoms with Gasteiger partial charge in [0.05, 0.1) is 7.11 Å². The zero-order valence-corrected chi connectivity index (χ0v) is 13.3. The lowest BCUT2D eigenvalue weighted by Gasteiger charge is -2.15. The number of benzene rings is 3. The summed E-state index contributed by atoms with van der Waals surface area (Å²) in [7, 11) is 1.69. The molecule has 0 spiro atoms. The highest BCUT2D eigenvalue weighted by Crippen LogP contribution is 2.35. The van der Waals surface area contributed by atoms with Crippen molar-refractivity contribution in [2.24, 2.45) is 0 Å². The summed E-state index contributed by atoms with van der Waals surface area (Å²) in [6.07, 6.45) is 2.67. The first-order chi connectivity index (χ1) is 11.3. The maximum atomic E-state index is 6.19. The molecule has 0 atom stereocenters. The van der Waals surface area contributed by atoms with E-state index in [9.17, 15) is 0 Å². The van der Waals surface area contributed by atoms with Crippen molar-refractivity contribution < 1.29 is 9.47 Å². The number of methoxy groups -OCH3 is 1. The smallest absolute Gasteiger partial charge is 0.131 e. The Labute approximate surface area is 137 Å². The van der Waals surface area contributed by atoms with E-state index in [1.807, 2.05) is 36.4 Å². The van der Waals surface area contributed by atoms with Crippen molar-refractivity contribution in [3.05, 3.63) is 84.4 Å². The molecule has 0 aliphatic rings. The Morgan fingerprint density at radius 3 is 2.48 bits per heavy atom. The highest BCUT2D eigenvalue weighted by molar-refractivity contribution is 5.94. The lowest BCUT2D eigenvalue weighted by Crippen LogP contribution is -1.99. The Morgan fingerprint density at radius 1 is 0.913 bits per heavy atom. The van der Waals surface area contributed by atoms with E-state index in [1.54, 1.807) is 7.11 Å². The second-order valence-corrected chi connectivity index (χ2v) is 5.38. The summed E-state index contributed by atoms with van der Waals surface area (Å²) < 4.78 is 11.7. The quantitative estimate of drug-likeness (QED) is 0.586. The Balaban J connectivity index is 2.04. The fraction of sp³-hybridized carbons (Fsp3) is 0.143. The van der Waals surface area contributed by atoms with Crippen LogP contribution in [0.3, 0.4) is 0 Å². The summed E-state index contributed by atoms with van der Waals surface area (Å²) in [6, 6.07) is 20.4. The molecule has 2 heteroatoms. The molecule has 3 rings (SSSR count). The van der Waals surface area contributed by atoms with Gasteiger partial charge in [-0.25, -0.2) is 0 Å². The molecule has 0 radical (unpaired) electrons. The molecule has 0 saturated heterocycles. The van der Waals surface area contributed by atoms with Gasteiger partial charge in [-0.2, -0.15) is 0 Å². The van der Waals surface area contributed by atoms with Gasteiger partial charge < -0.3 is 9.47 Å². The standard InChI is InChI=1S/C21H20O2/c1-3-8-17-13-14-18-19(11-7-12-20(18)22-2)21(17)23-15-16-9-5-4-6-10-16/h3-7,9-14H,1,8,15H2,2H3. The van der Waals surface area contributed by atoms with Gasteiger partial charge in [0.15, 0.2) is 0 Å². The number of rotatable bonds is 6. The summed E-state index contributed by atoms with van der Waals surface area (Å²) >= 11 is 0. The fourth-order valence-corrected chi connectivity index (χ4v) is 2.74. The summed E-state index contributed by atoms with van der Waals surface area (Å²) in [5.41, 5.74) is 2.29. The van der Waals surface area contributed by atoms with Crippen LogP contribution >= 0.6 is 0 Å². The first kappa shape index (κ1) is 15.2. The van der Waals surface area contributed by atoms with Gasteiger partial charge in [-0.3, -0.25) is 0 Å². The van der Waals surface area contributed by atoms with Crippen molar-refractivity contribution in [2.45, 2.75) is 13.0 Å². The largest absolute Gasteiger partial charge is 0.496 e. The van der Waals surface area contributed by atoms with Gasteiger partial charge in [0.1, 0.15) is 18.1 Å². The third-order valence-corrected chi connectivity index (χ3v) is 3.86. The van der Waals surface area contributed by atoms with Crippen LogP contribution in [-0.2, 0) is 13.0 Å². The number of hydrogen-bond acceptors (Lipinski definition) is 2. The molecule has 23 heavy (non-hydrogen) atoms. The number of hydrogen-bond donors (Lipinski definition) is 0. The predicted octanol–water partition coefficient (Wildman–Crippen LogP) is 5.16. The molecule has 3 aromatic rings. The minimum absolute atomic E-state index is 0.543. The fourth-order valence-electron chi connectivity index (χ4n) is 2.74. The molecule has 3 aromatic carbocycles. The SMILES string of the molecule is C=CCc1ccc2c(OC)cccc2c1OCc1ccccc1. The second kappa shape index (κ2) is 7.01. The minimum Gasteiger partial charge on any atom is -0.496 e. The van der Waals surface area contributed by atoms with E-state index in [1.165, 1.54) is 0 Å². The summed E-state index contributed by atoms with van der Waals surface area (Å²) in [6.45, 7) is 4.39. The molecule has 2 nitrogen and oxygen atoms in total. The van der Waals surface area contributed by atoms with Crippen LogP contribution in [0.1, 0.15) is 11.1 Å². The highest BCUT2D eigenvalue weighted by Gasteiger charge is 2.11. The van der Waals surface area contributed by atoms with E-state index < -0.39 is 0 Å². The van der Waals surface area contributed by atoms with Crippen molar-refractivity contribution in [3.8, 4) is 11.5 Å². The molecule has 0 N–H and O–H groups in total. The molecule has 0 unspecified atom stereocenters. The van der Waals surface area contributed by atoms with E-state index in [0.29, 0.717) is 6.61 Å². The van der Waals surface area contributed by atoms with Gasteiger partial charge in [-0.05, 0) is 23.6 Å². The number of fused-ring (bicyclic) bond motifs is 1. The molecule has 0 saturated carbocycles. The molecule has 0 aromatic heterocycles. The molecule has 0 amide bonds. The van der Waals surface area contributed by atoms with Crippen LogP contribution in [0.5, 0.6) is 11.5 Å². The second-order valence-electron chi connectivity index (χ2n) is 5.38. The van der Waals surface area contributed by atoms with Crippen LogP contribution in [0.2, 0.25) is 0 Å². The van der Waals surface area contributed by atoms with Gasteiger partial charge in [0.25, 0.3) is 0 Å². The van der Waals surface area contributed by atoms with Crippen LogP contribution in [0.4, 0.5) is 0 Å². The summed E-state index contributed by atoms with van der Waals surface area (Å²) in [5, 5.41) is 2.13. The van der Waals surface area contributed by atoms with Crippen LogP contribution in [0, 0.1) is 0 Å². The molecule has 0 aliphatic carbocycles. The topological polar surface area (TPSA) is 18.5 Å². The lowest BCUT2D eigenvalue weighted by atomic mass is 10.0. The molecule has 116 valence electrons. The maximum absolute atomic E-state index is 6.19. The van der Waals surface area contributed by atoms with E-state index >= 15 is 0 Å². The van der Waals surface area contributed by atoms with E-state index in [2.05, 4.69) is 36.9 Å². The average molecular weight is 304 g/mol. The van der Waals surface area contributed by atoms with Crippen LogP contribution in [0.15, 0.2) is 73.3 Å². The van der Waals surface area contributed by atoms with E-state index in [-0.39, 0.29) is 0 Å². The third-order valence-electron chi connectivity index (χ3n) is 3.86. The normalized spacial score (nSPS) is 10.5. The van der Waals surface area contributed by atoms with Crippen molar-refractivity contribution >= 4 is 10.8 Å². The van der Waals surface area contributed by atoms with E-state index in [4.69, 9.17) is 9.47 Å². The Hall–Kier alpha value is -2.74. The van der Waals surface area contributed by atoms with Gasteiger partial charge in [-0.1, -0.05) is 60.7 Å². The molecule has 0 aliphatic heterocycles. The Bertz CT molecular complexity index is 807. The first-order valence-electron chi connectivity index (χ1n) is 7.69. The third kappa shape index (κ3) is 3.21. The van der Waals surface area contributed by atoms with Gasteiger partial charge in [0, 0.05) is 10.8 Å². The number of ether oxygens (including phenoxy) is 2. The Morgan fingerprint density at radius 2 is 1.74 bits per heavy atom. The minimum atomic E-state index is 0.543. The molecule has 0 fully saturated rings. The number of allylic oxidation sites excluding steroid dienone is 1. The van der Waals surface area contributed by atoms with Crippen molar-refractivity contribution in [2.75, 3.05) is 7.11 Å². The maximum Gasteiger partial charge on any atom is 0.131 e. The molecular formula is C21H20O2. The Kier molecular flexibility index (Phi) is 4.62. The van der Waals surface area contributed by atoms with Crippen molar-refractivity contribution in [1.82, 2.24) is 0 Å². The highest BCUT2D eigenvalue weighted by atomic mass is 16.5. The predicted molar refractivity (Wildman–Crippen MR) is 95.2 cm³/mol. The first-order valence-corrected chi connectivity index (χ1v) is 7.69. The van der Waals surface area contributed by atoms with E-state index in [0.717, 1.165) is 39.8 Å². The zero-order chi connectivity index (χ0) is 16.1. The van der Waals surface area contributed by atoms with Crippen molar-refractivity contribution in [3.63, 3.8) is 0 Å². The van der Waals surface area contributed by atoms with Gasteiger partial charge in [-0.15, -0.1) is 6.58 Å². The van der Waals surface area contributed by atoms with Gasteiger partial charge in [0.2, 0.25) is 0 Å². The monoisotopic (exact) mass is 304 g/mol. The lowest BCUT2D eigenvalue weighted by molar-refractivity contribution is 0.307. The van der Waals surface area contributed by atoms with Gasteiger partial charge >= 0.3 is 0 Å². The van der Waals surface area contributed by atoms with Crippen LogP contribution in [-0.4, -0.2) is 7.11 Å². The van der Waals surface area contributed by atoms with Crippen molar-refractivity contribution in [1.29, 1.82) is 0 Å². The molecule has 0 heterocycles. The summed E-state index contributed by atoms with van der Waals surface area (Å²) in [4.78, 5) is 0. The molecular weight excluding hydrogens is 284 g/mol. The van der Waals surface area contributed by atoms with Crippen LogP contribution in [0.25, 0.3) is 10.8 Å². The summed E-state index contributed by atoms with van der Waals surface area (Å²) in [5.74, 6) is 1.77.